The summed E-state index contributed by atoms with van der Waals surface area (Å²) in [5, 5.41) is 5.14. The number of nitrogens with zero attached hydrogens (tertiary/aromatic N) is 5. The highest BCUT2D eigenvalue weighted by Gasteiger charge is 2.23. The van der Waals surface area contributed by atoms with Crippen LogP contribution in [0.1, 0.15) is 16.8 Å². The standard InChI is InChI=1S/C27H29N5O2/c1-19-8-7-11-23(20(19)2)29-14-16-30(17-15-29)25(33)18-31-13-12-24-26(27(31)34)21(3)28-32(24)22-9-5-4-6-10-22/h4-13H,14-18H2,1-3H3. The second-order valence-corrected chi connectivity index (χ2v) is 8.93. The molecule has 0 spiro atoms. The predicted molar refractivity (Wildman–Crippen MR) is 135 cm³/mol. The van der Waals surface area contributed by atoms with E-state index in [0.717, 1.165) is 24.3 Å². The van der Waals surface area contributed by atoms with Gasteiger partial charge in [-0.1, -0.05) is 30.3 Å². The number of carbonyl (C=O) groups is 1. The molecule has 5 rings (SSSR count). The lowest BCUT2D eigenvalue weighted by atomic mass is 10.1. The Hall–Kier alpha value is -3.87. The van der Waals surface area contributed by atoms with Gasteiger partial charge in [0.25, 0.3) is 5.56 Å². The number of benzene rings is 2. The van der Waals surface area contributed by atoms with E-state index in [1.54, 1.807) is 10.9 Å². The van der Waals surface area contributed by atoms with E-state index in [1.807, 2.05) is 48.2 Å². The van der Waals surface area contributed by atoms with Crippen LogP contribution >= 0.6 is 0 Å². The topological polar surface area (TPSA) is 63.4 Å². The molecule has 0 saturated carbocycles. The number of aryl methyl sites for hydroxylation is 2. The maximum atomic E-state index is 13.2. The third-order valence-electron chi connectivity index (χ3n) is 6.84. The van der Waals surface area contributed by atoms with Crippen LogP contribution in [0, 0.1) is 20.8 Å². The number of hydrogen-bond acceptors (Lipinski definition) is 4. The van der Waals surface area contributed by atoms with Crippen LogP contribution in [0.3, 0.4) is 0 Å². The van der Waals surface area contributed by atoms with Gasteiger partial charge in [-0.2, -0.15) is 5.10 Å². The Labute approximate surface area is 198 Å². The molecule has 1 aliphatic rings. The van der Waals surface area contributed by atoms with Crippen molar-refractivity contribution in [3.8, 4) is 5.69 Å². The van der Waals surface area contributed by atoms with E-state index in [0.29, 0.717) is 24.2 Å². The molecule has 1 amide bonds. The second-order valence-electron chi connectivity index (χ2n) is 8.93. The molecule has 1 aliphatic heterocycles. The van der Waals surface area contributed by atoms with Crippen LogP contribution in [0.5, 0.6) is 0 Å². The quantitative estimate of drug-likeness (QED) is 0.473. The molecule has 4 aromatic rings. The van der Waals surface area contributed by atoms with Gasteiger partial charge in [0.2, 0.25) is 5.91 Å². The molecular formula is C27H29N5O2. The molecule has 0 atom stereocenters. The fourth-order valence-electron chi connectivity index (χ4n) is 4.75. The lowest BCUT2D eigenvalue weighted by Crippen LogP contribution is -2.50. The molecule has 1 saturated heterocycles. The number of anilines is 1. The van der Waals surface area contributed by atoms with Gasteiger partial charge in [0, 0.05) is 38.1 Å². The summed E-state index contributed by atoms with van der Waals surface area (Å²) in [6.45, 7) is 9.00. The first-order chi connectivity index (χ1) is 16.4. The summed E-state index contributed by atoms with van der Waals surface area (Å²) < 4.78 is 3.29. The zero-order valence-corrected chi connectivity index (χ0v) is 19.9. The van der Waals surface area contributed by atoms with Crippen molar-refractivity contribution < 1.29 is 4.79 Å². The summed E-state index contributed by atoms with van der Waals surface area (Å²) in [6.07, 6.45) is 1.70. The number of fused-ring (bicyclic) bond motifs is 1. The Morgan fingerprint density at radius 3 is 2.38 bits per heavy atom. The van der Waals surface area contributed by atoms with Crippen molar-refractivity contribution in [1.29, 1.82) is 0 Å². The van der Waals surface area contributed by atoms with Crippen molar-refractivity contribution in [1.82, 2.24) is 19.2 Å². The molecule has 3 heterocycles. The zero-order chi connectivity index (χ0) is 23.8. The smallest absolute Gasteiger partial charge is 0.262 e. The first kappa shape index (κ1) is 21.9. The normalized spacial score (nSPS) is 14.1. The molecule has 7 nitrogen and oxygen atoms in total. The van der Waals surface area contributed by atoms with Crippen LogP contribution in [-0.2, 0) is 11.3 Å². The lowest BCUT2D eigenvalue weighted by Gasteiger charge is -2.37. The number of para-hydroxylation sites is 1. The monoisotopic (exact) mass is 455 g/mol. The summed E-state index contributed by atoms with van der Waals surface area (Å²) in [7, 11) is 0. The van der Waals surface area contributed by atoms with E-state index in [1.165, 1.54) is 21.4 Å². The van der Waals surface area contributed by atoms with Gasteiger partial charge in [-0.3, -0.25) is 9.59 Å². The van der Waals surface area contributed by atoms with Crippen molar-refractivity contribution in [2.45, 2.75) is 27.3 Å². The Bertz CT molecular complexity index is 1410. The molecule has 0 N–H and O–H groups in total. The molecule has 0 bridgehead atoms. The van der Waals surface area contributed by atoms with Crippen LogP contribution < -0.4 is 10.5 Å². The molecule has 34 heavy (non-hydrogen) atoms. The fourth-order valence-corrected chi connectivity index (χ4v) is 4.75. The summed E-state index contributed by atoms with van der Waals surface area (Å²) >= 11 is 0. The largest absolute Gasteiger partial charge is 0.368 e. The number of hydrogen-bond donors (Lipinski definition) is 0. The average molecular weight is 456 g/mol. The van der Waals surface area contributed by atoms with E-state index >= 15 is 0 Å². The van der Waals surface area contributed by atoms with Gasteiger partial charge < -0.3 is 14.4 Å². The Balaban J connectivity index is 1.32. The third-order valence-corrected chi connectivity index (χ3v) is 6.84. The van der Waals surface area contributed by atoms with Crippen molar-refractivity contribution in [3.05, 3.63) is 88.0 Å². The fraction of sp³-hybridized carbons (Fsp3) is 0.296. The third kappa shape index (κ3) is 3.87. The van der Waals surface area contributed by atoms with Crippen molar-refractivity contribution in [3.63, 3.8) is 0 Å². The van der Waals surface area contributed by atoms with E-state index < -0.39 is 0 Å². The second kappa shape index (κ2) is 8.82. The van der Waals surface area contributed by atoms with Gasteiger partial charge in [0.05, 0.1) is 22.3 Å². The van der Waals surface area contributed by atoms with Crippen LogP contribution in [0.25, 0.3) is 16.6 Å². The molecule has 0 aliphatic carbocycles. The molecule has 2 aromatic carbocycles. The van der Waals surface area contributed by atoms with Crippen LogP contribution in [-0.4, -0.2) is 51.3 Å². The van der Waals surface area contributed by atoms with Crippen LogP contribution in [0.2, 0.25) is 0 Å². The maximum Gasteiger partial charge on any atom is 0.262 e. The number of amides is 1. The Kier molecular flexibility index (Phi) is 5.69. The van der Waals surface area contributed by atoms with Gasteiger partial charge in [0.15, 0.2) is 0 Å². The summed E-state index contributed by atoms with van der Waals surface area (Å²) in [4.78, 5) is 30.5. The van der Waals surface area contributed by atoms with E-state index in [4.69, 9.17) is 0 Å². The number of carbonyl (C=O) groups excluding carboxylic acids is 1. The van der Waals surface area contributed by atoms with E-state index in [2.05, 4.69) is 42.0 Å². The van der Waals surface area contributed by atoms with Crippen LogP contribution in [0.4, 0.5) is 5.69 Å². The Morgan fingerprint density at radius 2 is 1.65 bits per heavy atom. The number of aromatic nitrogens is 3. The first-order valence-corrected chi connectivity index (χ1v) is 11.7. The highest BCUT2D eigenvalue weighted by molar-refractivity contribution is 5.83. The first-order valence-electron chi connectivity index (χ1n) is 11.7. The van der Waals surface area contributed by atoms with E-state index in [9.17, 15) is 9.59 Å². The SMILES string of the molecule is Cc1cccc(N2CCN(C(=O)Cn3ccc4c(c(C)nn4-c4ccccc4)c3=O)CC2)c1C. The average Bonchev–Trinajstić information content (AvgIpc) is 3.20. The molecule has 174 valence electrons. The van der Waals surface area contributed by atoms with Crippen LogP contribution in [0.15, 0.2) is 65.6 Å². The minimum absolute atomic E-state index is 0.0323. The predicted octanol–water partition coefficient (Wildman–Crippen LogP) is 3.46. The molecule has 1 fully saturated rings. The van der Waals surface area contributed by atoms with E-state index in [-0.39, 0.29) is 18.0 Å². The van der Waals surface area contributed by atoms with Gasteiger partial charge in [-0.05, 0) is 56.2 Å². The molecule has 0 radical (unpaired) electrons. The van der Waals surface area contributed by atoms with Gasteiger partial charge in [-0.15, -0.1) is 0 Å². The molecule has 0 unspecified atom stereocenters. The number of rotatable bonds is 4. The maximum absolute atomic E-state index is 13.2. The van der Waals surface area contributed by atoms with Crippen molar-refractivity contribution in [2.24, 2.45) is 0 Å². The summed E-state index contributed by atoms with van der Waals surface area (Å²) in [5.74, 6) is -0.0323. The summed E-state index contributed by atoms with van der Waals surface area (Å²) in [6, 6.07) is 18.0. The highest BCUT2D eigenvalue weighted by atomic mass is 16.2. The van der Waals surface area contributed by atoms with Gasteiger partial charge >= 0.3 is 0 Å². The van der Waals surface area contributed by atoms with Gasteiger partial charge in [0.1, 0.15) is 6.54 Å². The minimum atomic E-state index is -0.181. The molecule has 7 heteroatoms. The van der Waals surface area contributed by atoms with Gasteiger partial charge in [-0.25, -0.2) is 4.68 Å². The summed E-state index contributed by atoms with van der Waals surface area (Å²) in [5.41, 5.74) is 5.92. The minimum Gasteiger partial charge on any atom is -0.368 e. The highest BCUT2D eigenvalue weighted by Crippen LogP contribution is 2.24. The van der Waals surface area contributed by atoms with Crippen molar-refractivity contribution >= 4 is 22.5 Å². The molecule has 2 aromatic heterocycles. The Morgan fingerprint density at radius 1 is 0.912 bits per heavy atom. The number of pyridine rings is 1. The lowest BCUT2D eigenvalue weighted by molar-refractivity contribution is -0.132. The zero-order valence-electron chi connectivity index (χ0n) is 19.9. The number of piperazine rings is 1. The van der Waals surface area contributed by atoms with Crippen molar-refractivity contribution in [2.75, 3.05) is 31.1 Å². The molecular weight excluding hydrogens is 426 g/mol.